The van der Waals surface area contributed by atoms with Crippen molar-refractivity contribution in [1.82, 2.24) is 9.80 Å². The van der Waals surface area contributed by atoms with E-state index >= 15 is 0 Å². The molecule has 178 valence electrons. The number of ether oxygens (including phenoxy) is 1. The van der Waals surface area contributed by atoms with Gasteiger partial charge in [0.25, 0.3) is 0 Å². The maximum atomic E-state index is 10.6. The average Bonchev–Trinajstić information content (AvgIpc) is 3.33. The molecule has 3 rings (SSSR count). The summed E-state index contributed by atoms with van der Waals surface area (Å²) in [7, 11) is 4.34. The van der Waals surface area contributed by atoms with Gasteiger partial charge in [0, 0.05) is 36.7 Å². The summed E-state index contributed by atoms with van der Waals surface area (Å²) in [6.07, 6.45) is -6.58. The smallest absolute Gasteiger partial charge is 0.475 e. The van der Waals surface area contributed by atoms with Crippen LogP contribution in [-0.2, 0) is 20.9 Å². The van der Waals surface area contributed by atoms with Gasteiger partial charge in [-0.25, -0.2) is 9.59 Å². The van der Waals surface area contributed by atoms with Gasteiger partial charge >= 0.3 is 24.3 Å². The lowest BCUT2D eigenvalue weighted by Gasteiger charge is -2.23. The molecule has 2 aliphatic rings. The second-order valence-electron chi connectivity index (χ2n) is 6.97. The first-order valence-electron chi connectivity index (χ1n) is 8.74. The molecule has 2 N–H and O–H groups in total. The lowest BCUT2D eigenvalue weighted by Crippen LogP contribution is -2.36. The number of carboxylic acid groups (broad SMARTS) is 2. The van der Waals surface area contributed by atoms with Gasteiger partial charge in [-0.05, 0) is 20.2 Å². The van der Waals surface area contributed by atoms with E-state index in [1.54, 1.807) is 6.26 Å². The molecule has 3 heterocycles. The number of likely N-dealkylation sites (N-methyl/N-ethyl adjacent to an activating group) is 1. The zero-order chi connectivity index (χ0) is 24.0. The number of aliphatic carboxylic acids is 2. The fraction of sp³-hybridized carbons (Fsp3) is 0.647. The molecule has 14 heteroatoms. The van der Waals surface area contributed by atoms with E-state index in [9.17, 15) is 26.3 Å². The van der Waals surface area contributed by atoms with Crippen LogP contribution in [0.15, 0.2) is 23.0 Å². The molecule has 2 saturated heterocycles. The molecule has 2 fully saturated rings. The summed E-state index contributed by atoms with van der Waals surface area (Å²) in [6, 6.07) is 3.25. The number of furan rings is 1. The Balaban J connectivity index is 0.000000288. The van der Waals surface area contributed by atoms with Crippen molar-refractivity contribution < 1.29 is 55.3 Å². The average molecular weight is 464 g/mol. The zero-order valence-corrected chi connectivity index (χ0v) is 16.5. The minimum atomic E-state index is -5.08. The molecule has 1 aromatic rings. The first-order chi connectivity index (χ1) is 14.1. The first kappa shape index (κ1) is 26.7. The summed E-state index contributed by atoms with van der Waals surface area (Å²) in [5.74, 6) is -4.85. The third-order valence-corrected chi connectivity index (χ3v) is 4.59. The summed E-state index contributed by atoms with van der Waals surface area (Å²) in [6.45, 7) is 3.91. The largest absolute Gasteiger partial charge is 0.490 e. The molecule has 0 aliphatic carbocycles. The molecular weight excluding hydrogens is 442 g/mol. The molecule has 3 atom stereocenters. The first-order valence-corrected chi connectivity index (χ1v) is 8.74. The van der Waals surface area contributed by atoms with Crippen LogP contribution in [0.2, 0.25) is 0 Å². The highest BCUT2D eigenvalue weighted by Crippen LogP contribution is 2.33. The van der Waals surface area contributed by atoms with Crippen molar-refractivity contribution in [2.45, 2.75) is 31.0 Å². The number of hydrogen-bond acceptors (Lipinski definition) is 6. The molecule has 8 nitrogen and oxygen atoms in total. The predicted molar refractivity (Wildman–Crippen MR) is 92.1 cm³/mol. The Hall–Kier alpha value is -2.32. The quantitative estimate of drug-likeness (QED) is 0.657. The van der Waals surface area contributed by atoms with E-state index in [0.29, 0.717) is 18.0 Å². The van der Waals surface area contributed by atoms with Crippen LogP contribution in [0, 0.1) is 5.92 Å². The van der Waals surface area contributed by atoms with Crippen molar-refractivity contribution in [3.05, 3.63) is 24.2 Å². The molecule has 2 aliphatic heterocycles. The maximum Gasteiger partial charge on any atom is 0.490 e. The number of carbonyl (C=O) groups is 2. The highest BCUT2D eigenvalue weighted by Gasteiger charge is 2.46. The van der Waals surface area contributed by atoms with Gasteiger partial charge in [0.2, 0.25) is 0 Å². The fourth-order valence-electron chi connectivity index (χ4n) is 3.16. The van der Waals surface area contributed by atoms with E-state index in [4.69, 9.17) is 29.0 Å². The van der Waals surface area contributed by atoms with Crippen molar-refractivity contribution in [1.29, 1.82) is 0 Å². The van der Waals surface area contributed by atoms with Crippen molar-refractivity contribution in [3.63, 3.8) is 0 Å². The second kappa shape index (κ2) is 10.8. The zero-order valence-electron chi connectivity index (χ0n) is 16.5. The number of alkyl halides is 6. The highest BCUT2D eigenvalue weighted by molar-refractivity contribution is 5.73. The minimum absolute atomic E-state index is 0.581. The summed E-state index contributed by atoms with van der Waals surface area (Å²) in [5.41, 5.74) is 1.26. The number of rotatable bonds is 3. The predicted octanol–water partition coefficient (Wildman–Crippen LogP) is 2.31. The Morgan fingerprint density at radius 1 is 1.10 bits per heavy atom. The molecule has 0 bridgehead atoms. The van der Waals surface area contributed by atoms with Crippen molar-refractivity contribution >= 4 is 11.9 Å². The van der Waals surface area contributed by atoms with Crippen molar-refractivity contribution in [2.75, 3.05) is 33.9 Å². The normalized spacial score (nSPS) is 23.5. The van der Waals surface area contributed by atoms with Crippen LogP contribution in [0.1, 0.15) is 5.56 Å². The van der Waals surface area contributed by atoms with Gasteiger partial charge in [0.15, 0.2) is 0 Å². The molecule has 31 heavy (non-hydrogen) atoms. The van der Waals surface area contributed by atoms with Crippen LogP contribution in [0.3, 0.4) is 0 Å². The van der Waals surface area contributed by atoms with Gasteiger partial charge in [-0.15, -0.1) is 0 Å². The molecule has 0 unspecified atom stereocenters. The monoisotopic (exact) mass is 464 g/mol. The topological polar surface area (TPSA) is 103 Å². The lowest BCUT2D eigenvalue weighted by molar-refractivity contribution is -0.193. The fourth-order valence-corrected chi connectivity index (χ4v) is 3.16. The number of carboxylic acids is 2. The van der Waals surface area contributed by atoms with E-state index in [0.717, 1.165) is 26.3 Å². The molecule has 0 amide bonds. The molecule has 1 aromatic heterocycles. The van der Waals surface area contributed by atoms with Gasteiger partial charge in [-0.1, -0.05) is 0 Å². The second-order valence-corrected chi connectivity index (χ2v) is 6.97. The van der Waals surface area contributed by atoms with Crippen molar-refractivity contribution in [3.8, 4) is 0 Å². The third-order valence-electron chi connectivity index (χ3n) is 4.59. The van der Waals surface area contributed by atoms with Crippen molar-refractivity contribution in [2.24, 2.45) is 5.92 Å². The van der Waals surface area contributed by atoms with Gasteiger partial charge in [-0.2, -0.15) is 26.3 Å². The standard InChI is InChI=1S/C13H20N2O2.2C2HF3O2/c1-14(2)12-6-15(5-10-3-4-16-7-10)13-9-17-8-11(12)13;2*3-2(4,5)1(6)7/h3-4,7,11-13H,5-6,8-9H2,1-2H3;2*(H,6,7)/t11-,12-,13-;;/m1../s1. The van der Waals surface area contributed by atoms with E-state index in [2.05, 4.69) is 23.9 Å². The Labute approximate surface area is 173 Å². The molecule has 0 aromatic carbocycles. The number of fused-ring (bicyclic) bond motifs is 1. The Morgan fingerprint density at radius 2 is 1.61 bits per heavy atom. The van der Waals surface area contributed by atoms with Crippen LogP contribution in [0.5, 0.6) is 0 Å². The lowest BCUT2D eigenvalue weighted by atomic mass is 9.99. The number of hydrogen-bond donors (Lipinski definition) is 2. The third kappa shape index (κ3) is 8.38. The minimum Gasteiger partial charge on any atom is -0.475 e. The SMILES string of the molecule is CN(C)[C@@H]1CN(Cc2ccoc2)[C@@H]2COC[C@H]12.O=C(O)C(F)(F)F.O=C(O)C(F)(F)F. The van der Waals surface area contributed by atoms with Crippen LogP contribution < -0.4 is 0 Å². The molecule has 0 saturated carbocycles. The molecular formula is C17H22F6N2O6. The van der Waals surface area contributed by atoms with Gasteiger partial charge < -0.3 is 24.3 Å². The number of likely N-dealkylation sites (tertiary alicyclic amines) is 1. The summed E-state index contributed by atoms with van der Waals surface area (Å²) < 4.78 is 74.3. The van der Waals surface area contributed by atoms with E-state index in [-0.39, 0.29) is 0 Å². The van der Waals surface area contributed by atoms with Crippen LogP contribution in [-0.4, -0.2) is 90.2 Å². The molecule has 0 radical (unpaired) electrons. The summed E-state index contributed by atoms with van der Waals surface area (Å²) >= 11 is 0. The van der Waals surface area contributed by atoms with Crippen LogP contribution in [0.25, 0.3) is 0 Å². The number of halogens is 6. The van der Waals surface area contributed by atoms with Crippen LogP contribution in [0.4, 0.5) is 26.3 Å². The number of nitrogens with zero attached hydrogens (tertiary/aromatic N) is 2. The Kier molecular flexibility index (Phi) is 9.32. The highest BCUT2D eigenvalue weighted by atomic mass is 19.4. The van der Waals surface area contributed by atoms with Gasteiger partial charge in [0.1, 0.15) is 0 Å². The van der Waals surface area contributed by atoms with E-state index in [1.807, 2.05) is 12.3 Å². The summed E-state index contributed by atoms with van der Waals surface area (Å²) in [4.78, 5) is 22.7. The van der Waals surface area contributed by atoms with E-state index in [1.165, 1.54) is 5.56 Å². The van der Waals surface area contributed by atoms with Gasteiger partial charge in [0.05, 0.1) is 25.7 Å². The van der Waals surface area contributed by atoms with Crippen LogP contribution >= 0.6 is 0 Å². The van der Waals surface area contributed by atoms with Gasteiger partial charge in [-0.3, -0.25) is 4.90 Å². The molecule has 0 spiro atoms. The Bertz CT molecular complexity index is 683. The summed E-state index contributed by atoms with van der Waals surface area (Å²) in [5, 5.41) is 14.2. The maximum absolute atomic E-state index is 10.6. The van der Waals surface area contributed by atoms with E-state index < -0.39 is 24.3 Å². The Morgan fingerprint density at radius 3 is 2.00 bits per heavy atom.